The summed E-state index contributed by atoms with van der Waals surface area (Å²) in [6, 6.07) is 16.8. The molecule has 0 fully saturated rings. The molecule has 2 rings (SSSR count). The first kappa shape index (κ1) is 34.1. The summed E-state index contributed by atoms with van der Waals surface area (Å²) in [5, 5.41) is 23.6. The zero-order valence-electron chi connectivity index (χ0n) is 25.1. The smallest absolute Gasteiger partial charge is 0.407 e. The molecule has 0 aliphatic carbocycles. The third kappa shape index (κ3) is 10.3. The lowest BCUT2D eigenvalue weighted by Gasteiger charge is -2.38. The summed E-state index contributed by atoms with van der Waals surface area (Å²) in [5.41, 5.74) is -0.357. The molecule has 0 saturated heterocycles. The van der Waals surface area contributed by atoms with Crippen LogP contribution in [0.3, 0.4) is 0 Å². The minimum atomic E-state index is -4.07. The number of nitrogens with zero attached hydrogens (tertiary/aromatic N) is 2. The Morgan fingerprint density at radius 3 is 2.20 bits per heavy atom. The summed E-state index contributed by atoms with van der Waals surface area (Å²) in [7, 11) is -2.57. The fraction of sp³-hybridized carbons (Fsp3) is 0.548. The number of benzene rings is 2. The summed E-state index contributed by atoms with van der Waals surface area (Å²) < 4.78 is 40.0. The lowest BCUT2D eigenvalue weighted by molar-refractivity contribution is 0.0385. The van der Waals surface area contributed by atoms with Crippen molar-refractivity contribution in [2.75, 3.05) is 20.2 Å². The number of alkyl carbamates (subject to hydrolysis) is 1. The number of ether oxygens (including phenoxy) is 2. The number of hydrogen-bond donors (Lipinski definition) is 2. The SMILES string of the molecule is CCC(CC)(CCC#N)CN(C[C@@H](O)[C@H](Cc1ccccc1)NC(=O)OC(C)(C)C)S(=O)(=O)c1ccc(OC)cc1. The molecule has 2 aromatic carbocycles. The normalized spacial score (nSPS) is 13.7. The number of aliphatic hydroxyl groups excluding tert-OH is 1. The fourth-order valence-corrected chi connectivity index (χ4v) is 6.26. The predicted octanol–water partition coefficient (Wildman–Crippen LogP) is 5.29. The van der Waals surface area contributed by atoms with Crippen LogP contribution in [0, 0.1) is 16.7 Å². The number of nitrogens with one attached hydrogen (secondary N) is 1. The third-order valence-electron chi connectivity index (χ3n) is 7.33. The van der Waals surface area contributed by atoms with Crippen molar-refractivity contribution in [3.8, 4) is 11.8 Å². The maximum atomic E-state index is 14.0. The number of nitriles is 1. The van der Waals surface area contributed by atoms with Crippen LogP contribution in [-0.4, -0.2) is 61.9 Å². The molecule has 41 heavy (non-hydrogen) atoms. The molecule has 0 unspecified atom stereocenters. The molecule has 226 valence electrons. The van der Waals surface area contributed by atoms with Crippen LogP contribution in [0.5, 0.6) is 5.75 Å². The van der Waals surface area contributed by atoms with E-state index in [2.05, 4.69) is 11.4 Å². The molecular formula is C31H45N3O6S. The van der Waals surface area contributed by atoms with E-state index < -0.39 is 39.3 Å². The van der Waals surface area contributed by atoms with Crippen LogP contribution in [0.2, 0.25) is 0 Å². The molecule has 1 amide bonds. The number of rotatable bonds is 15. The molecule has 0 spiro atoms. The fourth-order valence-electron chi connectivity index (χ4n) is 4.69. The minimum Gasteiger partial charge on any atom is -0.497 e. The molecule has 0 aromatic heterocycles. The molecular weight excluding hydrogens is 542 g/mol. The molecule has 10 heteroatoms. The predicted molar refractivity (Wildman–Crippen MR) is 159 cm³/mol. The average molecular weight is 588 g/mol. The second-order valence-electron chi connectivity index (χ2n) is 11.3. The van der Waals surface area contributed by atoms with E-state index >= 15 is 0 Å². The van der Waals surface area contributed by atoms with Gasteiger partial charge < -0.3 is 19.9 Å². The lowest BCUT2D eigenvalue weighted by atomic mass is 9.78. The molecule has 2 N–H and O–H groups in total. The molecule has 2 aromatic rings. The van der Waals surface area contributed by atoms with Crippen molar-refractivity contribution >= 4 is 16.1 Å². The maximum absolute atomic E-state index is 14.0. The monoisotopic (exact) mass is 587 g/mol. The largest absolute Gasteiger partial charge is 0.497 e. The Bertz CT molecular complexity index is 1230. The van der Waals surface area contributed by atoms with Gasteiger partial charge in [0.25, 0.3) is 0 Å². The van der Waals surface area contributed by atoms with Crippen molar-refractivity contribution in [3.05, 3.63) is 60.2 Å². The Morgan fingerprint density at radius 1 is 1.07 bits per heavy atom. The van der Waals surface area contributed by atoms with Gasteiger partial charge in [-0.05, 0) is 81.7 Å². The van der Waals surface area contributed by atoms with Crippen LogP contribution in [0.1, 0.15) is 65.9 Å². The number of aliphatic hydroxyl groups is 1. The van der Waals surface area contributed by atoms with Crippen LogP contribution in [0.25, 0.3) is 0 Å². The van der Waals surface area contributed by atoms with Gasteiger partial charge in [0.2, 0.25) is 10.0 Å². The van der Waals surface area contributed by atoms with E-state index in [1.165, 1.54) is 23.5 Å². The zero-order valence-corrected chi connectivity index (χ0v) is 25.9. The Labute approximate surface area is 245 Å². The molecule has 9 nitrogen and oxygen atoms in total. The number of hydrogen-bond acceptors (Lipinski definition) is 7. The van der Waals surface area contributed by atoms with Gasteiger partial charge in [-0.3, -0.25) is 0 Å². The van der Waals surface area contributed by atoms with Crippen molar-refractivity contribution in [3.63, 3.8) is 0 Å². The first-order chi connectivity index (χ1) is 19.3. The van der Waals surface area contributed by atoms with Gasteiger partial charge in [-0.2, -0.15) is 9.57 Å². The molecule has 0 aliphatic heterocycles. The first-order valence-electron chi connectivity index (χ1n) is 14.0. The molecule has 2 atom stereocenters. The summed E-state index contributed by atoms with van der Waals surface area (Å²) in [4.78, 5) is 12.8. The molecule has 0 aliphatic rings. The summed E-state index contributed by atoms with van der Waals surface area (Å²) in [6.45, 7) is 9.04. The van der Waals surface area contributed by atoms with E-state index in [4.69, 9.17) is 9.47 Å². The number of amides is 1. The summed E-state index contributed by atoms with van der Waals surface area (Å²) >= 11 is 0. The van der Waals surface area contributed by atoms with Gasteiger partial charge in [-0.25, -0.2) is 13.2 Å². The second kappa shape index (κ2) is 15.2. The van der Waals surface area contributed by atoms with Gasteiger partial charge >= 0.3 is 6.09 Å². The van der Waals surface area contributed by atoms with E-state index in [1.54, 1.807) is 32.9 Å². The second-order valence-corrected chi connectivity index (χ2v) is 13.3. The first-order valence-corrected chi connectivity index (χ1v) is 15.5. The van der Waals surface area contributed by atoms with Crippen LogP contribution < -0.4 is 10.1 Å². The zero-order chi connectivity index (χ0) is 30.7. The Morgan fingerprint density at radius 2 is 1.68 bits per heavy atom. The van der Waals surface area contributed by atoms with Crippen LogP contribution in [-0.2, 0) is 21.2 Å². The average Bonchev–Trinajstić information content (AvgIpc) is 2.94. The topological polar surface area (TPSA) is 129 Å². The molecule has 0 radical (unpaired) electrons. The summed E-state index contributed by atoms with van der Waals surface area (Å²) in [5.74, 6) is 0.519. The van der Waals surface area contributed by atoms with Crippen molar-refractivity contribution in [1.29, 1.82) is 5.26 Å². The van der Waals surface area contributed by atoms with Crippen molar-refractivity contribution in [2.24, 2.45) is 5.41 Å². The van der Waals surface area contributed by atoms with E-state index in [-0.39, 0.29) is 30.8 Å². The Balaban J connectivity index is 2.49. The van der Waals surface area contributed by atoms with Crippen molar-refractivity contribution in [1.82, 2.24) is 9.62 Å². The highest BCUT2D eigenvalue weighted by Crippen LogP contribution is 2.35. The van der Waals surface area contributed by atoms with E-state index in [0.717, 1.165) is 5.56 Å². The van der Waals surface area contributed by atoms with Gasteiger partial charge in [-0.15, -0.1) is 0 Å². The van der Waals surface area contributed by atoms with Gasteiger partial charge in [-0.1, -0.05) is 44.2 Å². The third-order valence-corrected chi connectivity index (χ3v) is 9.16. The van der Waals surface area contributed by atoms with Gasteiger partial charge in [0.05, 0.1) is 30.2 Å². The maximum Gasteiger partial charge on any atom is 0.407 e. The molecule has 0 saturated carbocycles. The number of carbonyl (C=O) groups is 1. The van der Waals surface area contributed by atoms with Crippen LogP contribution >= 0.6 is 0 Å². The Kier molecular flexibility index (Phi) is 12.6. The van der Waals surface area contributed by atoms with Crippen LogP contribution in [0.4, 0.5) is 4.79 Å². The van der Waals surface area contributed by atoms with Crippen LogP contribution in [0.15, 0.2) is 59.5 Å². The minimum absolute atomic E-state index is 0.0617. The quantitative estimate of drug-likeness (QED) is 0.290. The van der Waals surface area contributed by atoms with Crippen molar-refractivity contribution in [2.45, 2.75) is 89.4 Å². The van der Waals surface area contributed by atoms with Gasteiger partial charge in [0.15, 0.2) is 0 Å². The van der Waals surface area contributed by atoms with Gasteiger partial charge in [0.1, 0.15) is 11.4 Å². The number of sulfonamides is 1. The highest BCUT2D eigenvalue weighted by molar-refractivity contribution is 7.89. The molecule has 0 heterocycles. The van der Waals surface area contributed by atoms with E-state index in [0.29, 0.717) is 25.0 Å². The van der Waals surface area contributed by atoms with E-state index in [9.17, 15) is 23.6 Å². The van der Waals surface area contributed by atoms with E-state index in [1.807, 2.05) is 44.2 Å². The lowest BCUT2D eigenvalue weighted by Crippen LogP contribution is -2.53. The van der Waals surface area contributed by atoms with Crippen molar-refractivity contribution < 1.29 is 27.8 Å². The highest BCUT2D eigenvalue weighted by Gasteiger charge is 2.37. The standard InChI is InChI=1S/C31H45N3O6S/c1-7-31(8-2,19-12-20-32)23-34(41(37,38)26-17-15-25(39-6)16-18-26)22-28(35)27(21-24-13-10-9-11-14-24)33-29(36)40-30(3,4)5/h9-11,13-18,27-28,35H,7-8,12,19,21-23H2,1-6H3,(H,33,36)/t27-,28+/m0/s1. The number of carbonyl (C=O) groups excluding carboxylic acids is 1. The summed E-state index contributed by atoms with van der Waals surface area (Å²) in [6.07, 6.45) is 0.408. The molecule has 0 bridgehead atoms. The highest BCUT2D eigenvalue weighted by atomic mass is 32.2. The Hall–Kier alpha value is -3.13. The van der Waals surface area contributed by atoms with Gasteiger partial charge in [0, 0.05) is 19.5 Å². The number of methoxy groups -OCH3 is 1.